The van der Waals surface area contributed by atoms with Gasteiger partial charge in [-0.05, 0) is 18.9 Å². The number of aromatic nitrogens is 2. The van der Waals surface area contributed by atoms with Crippen molar-refractivity contribution in [1.29, 1.82) is 0 Å². The van der Waals surface area contributed by atoms with E-state index in [2.05, 4.69) is 44.5 Å². The molecule has 2 heterocycles. The van der Waals surface area contributed by atoms with Gasteiger partial charge >= 0.3 is 0 Å². The Balaban J connectivity index is 1.62. The van der Waals surface area contributed by atoms with Crippen molar-refractivity contribution >= 4 is 11.6 Å². The summed E-state index contributed by atoms with van der Waals surface area (Å²) in [5.41, 5.74) is 1.33. The van der Waals surface area contributed by atoms with Gasteiger partial charge in [0.05, 0.1) is 13.2 Å². The van der Waals surface area contributed by atoms with Gasteiger partial charge in [-0.2, -0.15) is 0 Å². The van der Waals surface area contributed by atoms with E-state index < -0.39 is 0 Å². The molecule has 1 aliphatic rings. The molecule has 0 spiro atoms. The summed E-state index contributed by atoms with van der Waals surface area (Å²) in [4.78, 5) is 11.3. The topological polar surface area (TPSA) is 50.3 Å². The molecule has 1 fully saturated rings. The van der Waals surface area contributed by atoms with Crippen molar-refractivity contribution in [2.45, 2.75) is 13.3 Å². The molecule has 1 N–H and O–H groups in total. The van der Waals surface area contributed by atoms with Crippen LogP contribution >= 0.6 is 0 Å². The monoisotopic (exact) mass is 298 g/mol. The Labute approximate surface area is 131 Å². The van der Waals surface area contributed by atoms with E-state index in [1.54, 1.807) is 0 Å². The third-order valence-electron chi connectivity index (χ3n) is 3.72. The molecule has 0 amide bonds. The van der Waals surface area contributed by atoms with E-state index in [0.29, 0.717) is 0 Å². The van der Waals surface area contributed by atoms with Gasteiger partial charge in [0.25, 0.3) is 0 Å². The number of aryl methyl sites for hydroxylation is 1. The maximum atomic E-state index is 5.39. The van der Waals surface area contributed by atoms with Crippen molar-refractivity contribution in [1.82, 2.24) is 9.97 Å². The Morgan fingerprint density at radius 1 is 1.14 bits per heavy atom. The maximum absolute atomic E-state index is 5.39. The molecule has 0 unspecified atom stereocenters. The quantitative estimate of drug-likeness (QED) is 0.917. The van der Waals surface area contributed by atoms with Crippen molar-refractivity contribution in [3.05, 3.63) is 47.8 Å². The molecule has 1 aromatic heterocycles. The van der Waals surface area contributed by atoms with E-state index in [1.807, 2.05) is 19.1 Å². The van der Waals surface area contributed by atoms with Crippen LogP contribution in [-0.2, 0) is 11.2 Å². The Morgan fingerprint density at radius 2 is 1.91 bits per heavy atom. The number of rotatable bonds is 5. The number of nitrogens with one attached hydrogen (secondary N) is 1. The Bertz CT molecular complexity index is 597. The number of anilines is 2. The van der Waals surface area contributed by atoms with E-state index in [0.717, 1.165) is 56.7 Å². The van der Waals surface area contributed by atoms with E-state index in [-0.39, 0.29) is 0 Å². The molecule has 116 valence electrons. The lowest BCUT2D eigenvalue weighted by Crippen LogP contribution is -2.37. The molecule has 1 aliphatic heterocycles. The van der Waals surface area contributed by atoms with Gasteiger partial charge in [0, 0.05) is 25.7 Å². The molecule has 22 heavy (non-hydrogen) atoms. The second-order valence-electron chi connectivity index (χ2n) is 5.42. The average molecular weight is 298 g/mol. The van der Waals surface area contributed by atoms with Gasteiger partial charge < -0.3 is 15.0 Å². The zero-order valence-corrected chi connectivity index (χ0v) is 13.0. The maximum Gasteiger partial charge on any atom is 0.134 e. The molecule has 0 atom stereocenters. The minimum atomic E-state index is 0.764. The molecule has 2 aromatic rings. The number of hydrogen-bond donors (Lipinski definition) is 1. The number of morpholine rings is 1. The van der Waals surface area contributed by atoms with Crippen molar-refractivity contribution in [3.63, 3.8) is 0 Å². The summed E-state index contributed by atoms with van der Waals surface area (Å²) in [5.74, 6) is 2.68. The minimum Gasteiger partial charge on any atom is -0.378 e. The number of ether oxygens (including phenoxy) is 1. The first kappa shape index (κ1) is 14.8. The van der Waals surface area contributed by atoms with Crippen LogP contribution < -0.4 is 10.2 Å². The molecule has 3 rings (SSSR count). The SMILES string of the molecule is Cc1nc(NCCc2ccccc2)cc(N2CCOCC2)n1. The highest BCUT2D eigenvalue weighted by Gasteiger charge is 2.13. The Hall–Kier alpha value is -2.14. The Kier molecular flexibility index (Phi) is 4.85. The summed E-state index contributed by atoms with van der Waals surface area (Å²) >= 11 is 0. The van der Waals surface area contributed by atoms with Crippen LogP contribution in [0.4, 0.5) is 11.6 Å². The van der Waals surface area contributed by atoms with Crippen molar-refractivity contribution in [2.24, 2.45) is 0 Å². The largest absolute Gasteiger partial charge is 0.378 e. The van der Waals surface area contributed by atoms with Crippen LogP contribution in [0, 0.1) is 6.92 Å². The van der Waals surface area contributed by atoms with Gasteiger partial charge in [-0.15, -0.1) is 0 Å². The summed E-state index contributed by atoms with van der Waals surface area (Å²) in [6, 6.07) is 12.5. The summed E-state index contributed by atoms with van der Waals surface area (Å²) in [5, 5.41) is 3.40. The van der Waals surface area contributed by atoms with E-state index in [1.165, 1.54) is 5.56 Å². The highest BCUT2D eigenvalue weighted by Crippen LogP contribution is 2.17. The Morgan fingerprint density at radius 3 is 2.68 bits per heavy atom. The zero-order chi connectivity index (χ0) is 15.2. The van der Waals surface area contributed by atoms with Gasteiger partial charge in [-0.1, -0.05) is 30.3 Å². The lowest BCUT2D eigenvalue weighted by Gasteiger charge is -2.28. The lowest BCUT2D eigenvalue weighted by molar-refractivity contribution is 0.122. The highest BCUT2D eigenvalue weighted by molar-refractivity contribution is 5.49. The van der Waals surface area contributed by atoms with Crippen molar-refractivity contribution < 1.29 is 4.74 Å². The number of hydrogen-bond acceptors (Lipinski definition) is 5. The normalized spacial score (nSPS) is 14.9. The third kappa shape index (κ3) is 3.95. The predicted octanol–water partition coefficient (Wildman–Crippen LogP) is 2.28. The number of nitrogens with zero attached hydrogens (tertiary/aromatic N) is 3. The molecule has 0 bridgehead atoms. The van der Waals surface area contributed by atoms with Crippen LogP contribution in [-0.4, -0.2) is 42.8 Å². The lowest BCUT2D eigenvalue weighted by atomic mass is 10.1. The standard InChI is InChI=1S/C17H22N4O/c1-14-19-16(18-8-7-15-5-3-2-4-6-15)13-17(20-14)21-9-11-22-12-10-21/h2-6,13H,7-12H2,1H3,(H,18,19,20). The fraction of sp³-hybridized carbons (Fsp3) is 0.412. The summed E-state index contributed by atoms with van der Waals surface area (Å²) < 4.78 is 5.39. The first-order valence-electron chi connectivity index (χ1n) is 7.77. The zero-order valence-electron chi connectivity index (χ0n) is 13.0. The second-order valence-corrected chi connectivity index (χ2v) is 5.42. The predicted molar refractivity (Wildman–Crippen MR) is 88.4 cm³/mol. The minimum absolute atomic E-state index is 0.764. The molecule has 0 radical (unpaired) electrons. The van der Waals surface area contributed by atoms with Gasteiger partial charge in [0.2, 0.25) is 0 Å². The fourth-order valence-electron chi connectivity index (χ4n) is 2.58. The van der Waals surface area contributed by atoms with Crippen LogP contribution in [0.1, 0.15) is 11.4 Å². The van der Waals surface area contributed by atoms with Crippen molar-refractivity contribution in [3.8, 4) is 0 Å². The van der Waals surface area contributed by atoms with Crippen molar-refractivity contribution in [2.75, 3.05) is 43.1 Å². The van der Waals surface area contributed by atoms with Gasteiger partial charge in [-0.25, -0.2) is 9.97 Å². The molecule has 1 saturated heterocycles. The molecule has 0 saturated carbocycles. The highest BCUT2D eigenvalue weighted by atomic mass is 16.5. The van der Waals surface area contributed by atoms with Crippen LogP contribution in [0.2, 0.25) is 0 Å². The van der Waals surface area contributed by atoms with Crippen LogP contribution in [0.5, 0.6) is 0 Å². The van der Waals surface area contributed by atoms with E-state index in [4.69, 9.17) is 4.74 Å². The molecule has 5 heteroatoms. The summed E-state index contributed by atoms with van der Waals surface area (Å²) in [7, 11) is 0. The van der Waals surface area contributed by atoms with E-state index >= 15 is 0 Å². The van der Waals surface area contributed by atoms with Gasteiger partial charge in [-0.3, -0.25) is 0 Å². The number of benzene rings is 1. The summed E-state index contributed by atoms with van der Waals surface area (Å²) in [6.07, 6.45) is 0.983. The van der Waals surface area contributed by atoms with Crippen LogP contribution in [0.3, 0.4) is 0 Å². The van der Waals surface area contributed by atoms with Crippen LogP contribution in [0.25, 0.3) is 0 Å². The first-order valence-corrected chi connectivity index (χ1v) is 7.77. The first-order chi connectivity index (χ1) is 10.8. The summed E-state index contributed by atoms with van der Waals surface area (Å²) in [6.45, 7) is 6.11. The molecule has 1 aromatic carbocycles. The third-order valence-corrected chi connectivity index (χ3v) is 3.72. The smallest absolute Gasteiger partial charge is 0.134 e. The molecule has 5 nitrogen and oxygen atoms in total. The molecular formula is C17H22N4O. The molecular weight excluding hydrogens is 276 g/mol. The van der Waals surface area contributed by atoms with E-state index in [9.17, 15) is 0 Å². The van der Waals surface area contributed by atoms with Gasteiger partial charge in [0.1, 0.15) is 17.5 Å². The fourth-order valence-corrected chi connectivity index (χ4v) is 2.58. The molecule has 0 aliphatic carbocycles. The van der Waals surface area contributed by atoms with Gasteiger partial charge in [0.15, 0.2) is 0 Å². The second kappa shape index (κ2) is 7.22. The average Bonchev–Trinajstić information content (AvgIpc) is 2.56. The van der Waals surface area contributed by atoms with Crippen LogP contribution in [0.15, 0.2) is 36.4 Å².